The van der Waals surface area contributed by atoms with Crippen molar-refractivity contribution >= 4 is 23.3 Å². The van der Waals surface area contributed by atoms with E-state index in [0.29, 0.717) is 29.7 Å². The van der Waals surface area contributed by atoms with Gasteiger partial charge in [-0.2, -0.15) is 4.98 Å². The first kappa shape index (κ1) is 19.3. The number of nitrogens with zero attached hydrogens (tertiary/aromatic N) is 4. The molecule has 1 saturated heterocycles. The first-order valence-electron chi connectivity index (χ1n) is 11.5. The van der Waals surface area contributed by atoms with Crippen LogP contribution in [0.5, 0.6) is 0 Å². The first-order chi connectivity index (χ1) is 15.1. The van der Waals surface area contributed by atoms with Crippen molar-refractivity contribution in [1.82, 2.24) is 15.0 Å². The molecule has 1 aliphatic heterocycles. The summed E-state index contributed by atoms with van der Waals surface area (Å²) in [5.41, 5.74) is 0.457. The maximum atomic E-state index is 10.8. The number of morpholine rings is 1. The highest BCUT2D eigenvalue weighted by molar-refractivity contribution is 5.56. The predicted molar refractivity (Wildman–Crippen MR) is 118 cm³/mol. The minimum Gasteiger partial charge on any atom is -0.390 e. The van der Waals surface area contributed by atoms with Crippen LogP contribution in [-0.4, -0.2) is 58.0 Å². The third kappa shape index (κ3) is 3.83. The molecule has 0 aromatic carbocycles. The molecule has 8 heteroatoms. The van der Waals surface area contributed by atoms with Gasteiger partial charge in [0.1, 0.15) is 11.6 Å². The Kier molecular flexibility index (Phi) is 4.72. The Morgan fingerprint density at radius 2 is 1.84 bits per heavy atom. The lowest BCUT2D eigenvalue weighted by Gasteiger charge is -2.58. The summed E-state index contributed by atoms with van der Waals surface area (Å²) in [7, 11) is 0. The number of hydrogen-bond acceptors (Lipinski definition) is 8. The number of hydrogen-bond donors (Lipinski definition) is 3. The van der Waals surface area contributed by atoms with Gasteiger partial charge in [0.25, 0.3) is 0 Å². The summed E-state index contributed by atoms with van der Waals surface area (Å²) in [6.45, 7) is 3.24. The number of nitrogens with one attached hydrogen (secondary N) is 2. The minimum atomic E-state index is -0.409. The summed E-state index contributed by atoms with van der Waals surface area (Å²) in [6, 6.07) is 6.37. The van der Waals surface area contributed by atoms with Gasteiger partial charge in [-0.1, -0.05) is 0 Å². The van der Waals surface area contributed by atoms with Gasteiger partial charge in [0.15, 0.2) is 0 Å². The van der Waals surface area contributed by atoms with Crippen LogP contribution in [0.3, 0.4) is 0 Å². The van der Waals surface area contributed by atoms with Crippen LogP contribution in [0.25, 0.3) is 0 Å². The molecule has 3 heterocycles. The summed E-state index contributed by atoms with van der Waals surface area (Å²) in [6.07, 6.45) is 8.93. The molecule has 8 nitrogen and oxygen atoms in total. The van der Waals surface area contributed by atoms with E-state index in [0.717, 1.165) is 62.9 Å². The Morgan fingerprint density at radius 3 is 2.55 bits per heavy atom. The van der Waals surface area contributed by atoms with Crippen LogP contribution in [0.4, 0.5) is 23.3 Å². The van der Waals surface area contributed by atoms with Crippen molar-refractivity contribution in [1.29, 1.82) is 0 Å². The zero-order valence-electron chi connectivity index (χ0n) is 17.7. The lowest BCUT2D eigenvalue weighted by Crippen LogP contribution is -2.59. The van der Waals surface area contributed by atoms with E-state index in [1.54, 1.807) is 6.20 Å². The average molecular weight is 423 g/mol. The number of aromatic nitrogens is 3. The zero-order valence-corrected chi connectivity index (χ0v) is 17.7. The maximum Gasteiger partial charge on any atom is 0.229 e. The fourth-order valence-corrected chi connectivity index (χ4v) is 6.46. The molecule has 2 aromatic rings. The van der Waals surface area contributed by atoms with Crippen molar-refractivity contribution in [3.63, 3.8) is 0 Å². The Labute approximate surface area is 182 Å². The van der Waals surface area contributed by atoms with Crippen LogP contribution in [0.1, 0.15) is 32.1 Å². The predicted octanol–water partition coefficient (Wildman–Crippen LogP) is 2.80. The van der Waals surface area contributed by atoms with Crippen LogP contribution in [-0.2, 0) is 4.74 Å². The molecular formula is C23H30N6O2. The number of aliphatic hydroxyl groups is 1. The van der Waals surface area contributed by atoms with E-state index in [2.05, 4.69) is 25.5 Å². The maximum absolute atomic E-state index is 10.8. The summed E-state index contributed by atoms with van der Waals surface area (Å²) in [5, 5.41) is 17.8. The lowest BCUT2D eigenvalue weighted by molar-refractivity contribution is -0.129. The molecule has 0 amide bonds. The van der Waals surface area contributed by atoms with Gasteiger partial charge in [-0.15, -0.1) is 0 Å². The zero-order chi connectivity index (χ0) is 20.8. The van der Waals surface area contributed by atoms with Gasteiger partial charge in [-0.3, -0.25) is 0 Å². The van der Waals surface area contributed by atoms with Crippen molar-refractivity contribution in [2.24, 2.45) is 17.8 Å². The molecule has 4 saturated carbocycles. The second kappa shape index (κ2) is 7.60. The molecule has 5 fully saturated rings. The fraction of sp³-hybridized carbons (Fsp3) is 0.609. The van der Waals surface area contributed by atoms with E-state index in [-0.39, 0.29) is 0 Å². The fourth-order valence-electron chi connectivity index (χ4n) is 6.46. The Morgan fingerprint density at radius 1 is 1.03 bits per heavy atom. The van der Waals surface area contributed by atoms with Gasteiger partial charge in [0.05, 0.1) is 30.7 Å². The largest absolute Gasteiger partial charge is 0.390 e. The topological polar surface area (TPSA) is 95.4 Å². The van der Waals surface area contributed by atoms with Crippen LogP contribution in [0.2, 0.25) is 0 Å². The van der Waals surface area contributed by atoms with Crippen LogP contribution in [0, 0.1) is 17.8 Å². The van der Waals surface area contributed by atoms with Crippen molar-refractivity contribution in [2.75, 3.05) is 41.8 Å². The number of anilines is 4. The van der Waals surface area contributed by atoms with Gasteiger partial charge in [-0.25, -0.2) is 9.97 Å². The summed E-state index contributed by atoms with van der Waals surface area (Å²) in [5.74, 6) is 4.16. The highest BCUT2D eigenvalue weighted by Gasteiger charge is 2.54. The molecule has 4 aliphatic carbocycles. The molecule has 2 aromatic heterocycles. The molecule has 2 atom stereocenters. The van der Waals surface area contributed by atoms with Crippen molar-refractivity contribution < 1.29 is 9.84 Å². The van der Waals surface area contributed by atoms with Gasteiger partial charge in [0.2, 0.25) is 5.95 Å². The lowest BCUT2D eigenvalue weighted by atomic mass is 9.52. The van der Waals surface area contributed by atoms with E-state index in [4.69, 9.17) is 9.72 Å². The van der Waals surface area contributed by atoms with E-state index >= 15 is 0 Å². The molecule has 164 valence electrons. The second-order valence-electron chi connectivity index (χ2n) is 9.76. The standard InChI is InChI=1S/C23H30N6O2/c30-23-11-15-9-16(12-23)21(17(10-15)13-23)27-19-3-4-24-22(28-19)26-18-1-2-20(25-14-18)29-5-7-31-8-6-29/h1-4,14-17,21,30H,5-13H2,(H2,24,26,27,28). The van der Waals surface area contributed by atoms with Gasteiger partial charge in [-0.05, 0) is 68.1 Å². The van der Waals surface area contributed by atoms with Crippen molar-refractivity contribution in [3.8, 4) is 0 Å². The SMILES string of the molecule is OC12CC3CC(C1)C(Nc1ccnc(Nc4ccc(N5CCOCC5)nc4)n1)C(C3)C2. The number of pyridine rings is 1. The van der Waals surface area contributed by atoms with E-state index in [1.165, 1.54) is 12.8 Å². The Balaban J connectivity index is 1.12. The van der Waals surface area contributed by atoms with E-state index in [9.17, 15) is 5.11 Å². The van der Waals surface area contributed by atoms with Crippen molar-refractivity contribution in [2.45, 2.75) is 43.7 Å². The molecule has 4 bridgehead atoms. The molecule has 2 unspecified atom stereocenters. The number of ether oxygens (including phenoxy) is 1. The van der Waals surface area contributed by atoms with Crippen molar-refractivity contribution in [3.05, 3.63) is 30.6 Å². The monoisotopic (exact) mass is 422 g/mol. The van der Waals surface area contributed by atoms with Gasteiger partial charge < -0.3 is 25.4 Å². The molecule has 3 N–H and O–H groups in total. The Hall–Kier alpha value is -2.45. The molecule has 7 rings (SSSR count). The highest BCUT2D eigenvalue weighted by Crippen LogP contribution is 2.56. The van der Waals surface area contributed by atoms with Gasteiger partial charge >= 0.3 is 0 Å². The second-order valence-corrected chi connectivity index (χ2v) is 9.76. The molecule has 5 aliphatic rings. The summed E-state index contributed by atoms with van der Waals surface area (Å²) >= 11 is 0. The average Bonchev–Trinajstić information content (AvgIpc) is 2.77. The molecule has 0 spiro atoms. The summed E-state index contributed by atoms with van der Waals surface area (Å²) < 4.78 is 5.41. The molecule has 31 heavy (non-hydrogen) atoms. The quantitative estimate of drug-likeness (QED) is 0.677. The Bertz CT molecular complexity index is 916. The van der Waals surface area contributed by atoms with Crippen LogP contribution < -0.4 is 15.5 Å². The molecular weight excluding hydrogens is 392 g/mol. The van der Waals surface area contributed by atoms with Crippen LogP contribution >= 0.6 is 0 Å². The summed E-state index contributed by atoms with van der Waals surface area (Å²) in [4.78, 5) is 15.9. The molecule has 0 radical (unpaired) electrons. The highest BCUT2D eigenvalue weighted by atomic mass is 16.5. The third-order valence-electron chi connectivity index (χ3n) is 7.55. The van der Waals surface area contributed by atoms with E-state index < -0.39 is 5.60 Å². The van der Waals surface area contributed by atoms with Gasteiger partial charge in [0, 0.05) is 25.3 Å². The first-order valence-corrected chi connectivity index (χ1v) is 11.5. The minimum absolute atomic E-state index is 0.397. The van der Waals surface area contributed by atoms with Crippen LogP contribution in [0.15, 0.2) is 30.6 Å². The smallest absolute Gasteiger partial charge is 0.229 e. The normalized spacial score (nSPS) is 34.0. The van der Waals surface area contributed by atoms with E-state index in [1.807, 2.05) is 24.4 Å². The third-order valence-corrected chi connectivity index (χ3v) is 7.55. The number of rotatable bonds is 5.